The Balaban J connectivity index is 1.32. The van der Waals surface area contributed by atoms with Crippen LogP contribution >= 0.6 is 11.3 Å². The van der Waals surface area contributed by atoms with Crippen LogP contribution in [0, 0.1) is 6.92 Å². The molecule has 2 aromatic carbocycles. The van der Waals surface area contributed by atoms with E-state index in [9.17, 15) is 14.7 Å². The topological polar surface area (TPSA) is 111 Å². The molecule has 0 saturated carbocycles. The van der Waals surface area contributed by atoms with E-state index in [1.807, 2.05) is 12.1 Å². The summed E-state index contributed by atoms with van der Waals surface area (Å²) in [6.07, 6.45) is 3.41. The van der Waals surface area contributed by atoms with Gasteiger partial charge in [-0.3, -0.25) is 14.7 Å². The van der Waals surface area contributed by atoms with E-state index in [0.717, 1.165) is 31.6 Å². The van der Waals surface area contributed by atoms with Gasteiger partial charge in [0.2, 0.25) is 0 Å². The molecule has 2 heterocycles. The second-order valence-corrected chi connectivity index (χ2v) is 9.50. The van der Waals surface area contributed by atoms with Gasteiger partial charge in [-0.2, -0.15) is 0 Å². The summed E-state index contributed by atoms with van der Waals surface area (Å²) in [5.41, 5.74) is 2.78. The van der Waals surface area contributed by atoms with Crippen LogP contribution < -0.4 is 14.2 Å². The molecule has 0 radical (unpaired) electrons. The minimum absolute atomic E-state index is 0.0668. The predicted octanol–water partition coefficient (Wildman–Crippen LogP) is 5.23. The van der Waals surface area contributed by atoms with Crippen LogP contribution in [0.2, 0.25) is 0 Å². The molecule has 0 atom stereocenters. The first-order chi connectivity index (χ1) is 18.4. The minimum atomic E-state index is -1.14. The number of aryl methyl sites for hydroxylation is 1. The van der Waals surface area contributed by atoms with Gasteiger partial charge in [0.15, 0.2) is 0 Å². The molecule has 4 aromatic rings. The van der Waals surface area contributed by atoms with E-state index in [1.54, 1.807) is 72.3 Å². The number of hydrogen-bond donors (Lipinski definition) is 1. The molecule has 0 fully saturated rings. The van der Waals surface area contributed by atoms with Crippen LogP contribution in [-0.2, 0) is 17.8 Å². The molecule has 10 heteroatoms. The van der Waals surface area contributed by atoms with Crippen molar-refractivity contribution in [1.82, 2.24) is 14.9 Å². The lowest BCUT2D eigenvalue weighted by molar-refractivity contribution is -0.138. The fourth-order valence-electron chi connectivity index (χ4n) is 3.61. The summed E-state index contributed by atoms with van der Waals surface area (Å²) in [5, 5.41) is 10.2. The highest BCUT2D eigenvalue weighted by Crippen LogP contribution is 2.27. The van der Waals surface area contributed by atoms with Gasteiger partial charge in [-0.05, 0) is 61.0 Å². The number of aliphatic carboxylic acids is 1. The standard InChI is InChI=1S/C28H27N3O6S/c1-19-25(30-27(38-19)21-11-14-29-15-12-21)13-16-36-23-5-3-20(4-6-23)17-31(18-26(32)33)28(34)37-24-9-7-22(35-2)8-10-24/h3-12,14-15H,13,16-18H2,1-2H3,(H,32,33). The summed E-state index contributed by atoms with van der Waals surface area (Å²) >= 11 is 1.65. The van der Waals surface area contributed by atoms with Gasteiger partial charge in [-0.1, -0.05) is 12.1 Å². The second-order valence-electron chi connectivity index (χ2n) is 8.29. The second kappa shape index (κ2) is 12.7. The number of rotatable bonds is 11. The fraction of sp³-hybridized carbons (Fsp3) is 0.214. The number of carbonyl (C=O) groups excluding carboxylic acids is 1. The molecule has 0 saturated heterocycles. The number of methoxy groups -OCH3 is 1. The Morgan fingerprint density at radius 1 is 0.947 bits per heavy atom. The van der Waals surface area contributed by atoms with E-state index >= 15 is 0 Å². The quantitative estimate of drug-likeness (QED) is 0.279. The maximum absolute atomic E-state index is 12.6. The highest BCUT2D eigenvalue weighted by Gasteiger charge is 2.20. The van der Waals surface area contributed by atoms with Gasteiger partial charge in [-0.25, -0.2) is 9.78 Å². The molecule has 0 aliphatic heterocycles. The zero-order chi connectivity index (χ0) is 26.9. The summed E-state index contributed by atoms with van der Waals surface area (Å²) < 4.78 is 16.3. The molecular weight excluding hydrogens is 506 g/mol. The van der Waals surface area contributed by atoms with Crippen LogP contribution in [0.5, 0.6) is 17.2 Å². The molecule has 2 aromatic heterocycles. The first kappa shape index (κ1) is 26.6. The average molecular weight is 534 g/mol. The normalized spacial score (nSPS) is 10.6. The molecule has 1 N–H and O–H groups in total. The van der Waals surface area contributed by atoms with Gasteiger partial charge in [0.1, 0.15) is 28.8 Å². The number of carboxylic acids is 1. The number of carboxylic acid groups (broad SMARTS) is 1. The largest absolute Gasteiger partial charge is 0.497 e. The fourth-order valence-corrected chi connectivity index (χ4v) is 4.58. The van der Waals surface area contributed by atoms with E-state index in [1.165, 1.54) is 7.11 Å². The number of benzene rings is 2. The molecule has 4 rings (SSSR count). The van der Waals surface area contributed by atoms with Crippen molar-refractivity contribution in [2.75, 3.05) is 20.3 Å². The Hall–Kier alpha value is -4.44. The Bertz CT molecular complexity index is 1360. The monoisotopic (exact) mass is 533 g/mol. The van der Waals surface area contributed by atoms with Crippen LogP contribution in [0.1, 0.15) is 16.1 Å². The number of aromatic nitrogens is 2. The predicted molar refractivity (Wildman–Crippen MR) is 143 cm³/mol. The third-order valence-electron chi connectivity index (χ3n) is 5.57. The van der Waals surface area contributed by atoms with Crippen LogP contribution in [-0.4, -0.2) is 52.3 Å². The first-order valence-corrected chi connectivity index (χ1v) is 12.6. The van der Waals surface area contributed by atoms with Crippen molar-refractivity contribution in [3.05, 3.63) is 89.2 Å². The lowest BCUT2D eigenvalue weighted by Gasteiger charge is -2.20. The molecule has 0 spiro atoms. The summed E-state index contributed by atoms with van der Waals surface area (Å²) in [4.78, 5) is 35.1. The Labute approximate surface area is 224 Å². The number of nitrogens with zero attached hydrogens (tertiary/aromatic N) is 3. The number of thiazole rings is 1. The van der Waals surface area contributed by atoms with Crippen LogP contribution in [0.25, 0.3) is 10.6 Å². The summed E-state index contributed by atoms with van der Waals surface area (Å²) in [7, 11) is 1.54. The Morgan fingerprint density at radius 2 is 1.61 bits per heavy atom. The third-order valence-corrected chi connectivity index (χ3v) is 6.64. The number of pyridine rings is 1. The number of carbonyl (C=O) groups is 2. The molecule has 0 aliphatic rings. The number of amides is 1. The van der Waals surface area contributed by atoms with E-state index in [0.29, 0.717) is 24.5 Å². The van der Waals surface area contributed by atoms with Gasteiger partial charge in [-0.15, -0.1) is 11.3 Å². The van der Waals surface area contributed by atoms with Gasteiger partial charge in [0, 0.05) is 35.8 Å². The van der Waals surface area contributed by atoms with Crippen molar-refractivity contribution >= 4 is 23.4 Å². The smallest absolute Gasteiger partial charge is 0.416 e. The van der Waals surface area contributed by atoms with Gasteiger partial charge >= 0.3 is 12.1 Å². The third kappa shape index (κ3) is 7.30. The molecule has 0 aliphatic carbocycles. The minimum Gasteiger partial charge on any atom is -0.497 e. The van der Waals surface area contributed by atoms with E-state index in [4.69, 9.17) is 19.2 Å². The van der Waals surface area contributed by atoms with Crippen LogP contribution in [0.3, 0.4) is 0 Å². The summed E-state index contributed by atoms with van der Waals surface area (Å²) in [6, 6.07) is 17.5. The maximum atomic E-state index is 12.6. The van der Waals surface area contributed by atoms with Crippen LogP contribution in [0.15, 0.2) is 73.1 Å². The van der Waals surface area contributed by atoms with Gasteiger partial charge < -0.3 is 19.3 Å². The molecular formula is C28H27N3O6S. The highest BCUT2D eigenvalue weighted by atomic mass is 32.1. The Kier molecular flexibility index (Phi) is 8.89. The van der Waals surface area contributed by atoms with Gasteiger partial charge in [0.05, 0.1) is 19.4 Å². The van der Waals surface area contributed by atoms with E-state index < -0.39 is 18.6 Å². The molecule has 1 amide bonds. The lowest BCUT2D eigenvalue weighted by atomic mass is 10.2. The van der Waals surface area contributed by atoms with Gasteiger partial charge in [0.25, 0.3) is 0 Å². The van der Waals surface area contributed by atoms with Crippen LogP contribution in [0.4, 0.5) is 4.79 Å². The van der Waals surface area contributed by atoms with E-state index in [-0.39, 0.29) is 12.3 Å². The van der Waals surface area contributed by atoms with Crippen molar-refractivity contribution in [2.45, 2.75) is 19.9 Å². The molecule has 0 bridgehead atoms. The van der Waals surface area contributed by atoms with E-state index in [2.05, 4.69) is 11.9 Å². The first-order valence-electron chi connectivity index (χ1n) is 11.8. The maximum Gasteiger partial charge on any atom is 0.416 e. The SMILES string of the molecule is COc1ccc(OC(=O)N(CC(=O)O)Cc2ccc(OCCc3nc(-c4ccncc4)sc3C)cc2)cc1. The van der Waals surface area contributed by atoms with Crippen molar-refractivity contribution in [3.63, 3.8) is 0 Å². The van der Waals surface area contributed by atoms with Crippen molar-refractivity contribution in [3.8, 4) is 27.8 Å². The summed E-state index contributed by atoms with van der Waals surface area (Å²) in [5.74, 6) is 0.437. The average Bonchev–Trinajstić information content (AvgIpc) is 3.30. The van der Waals surface area contributed by atoms with Crippen molar-refractivity contribution in [2.24, 2.45) is 0 Å². The lowest BCUT2D eigenvalue weighted by Crippen LogP contribution is -2.37. The van der Waals surface area contributed by atoms with Crippen molar-refractivity contribution < 1.29 is 28.9 Å². The Morgan fingerprint density at radius 3 is 2.26 bits per heavy atom. The zero-order valence-corrected chi connectivity index (χ0v) is 21.8. The highest BCUT2D eigenvalue weighted by molar-refractivity contribution is 7.15. The molecule has 9 nitrogen and oxygen atoms in total. The number of hydrogen-bond acceptors (Lipinski definition) is 8. The van der Waals surface area contributed by atoms with Crippen molar-refractivity contribution in [1.29, 1.82) is 0 Å². The number of ether oxygens (including phenoxy) is 3. The molecule has 196 valence electrons. The molecule has 38 heavy (non-hydrogen) atoms. The molecule has 0 unspecified atom stereocenters. The summed E-state index contributed by atoms with van der Waals surface area (Å²) in [6.45, 7) is 2.08. The zero-order valence-electron chi connectivity index (χ0n) is 21.0.